The molecule has 2 nitrogen and oxygen atoms in total. The van der Waals surface area contributed by atoms with Crippen LogP contribution >= 0.6 is 22.6 Å². The molecule has 0 atom stereocenters. The van der Waals surface area contributed by atoms with Gasteiger partial charge in [-0.15, -0.1) is 0 Å². The molecule has 1 heterocycles. The van der Waals surface area contributed by atoms with Gasteiger partial charge in [-0.1, -0.05) is 0 Å². The quantitative estimate of drug-likeness (QED) is 0.687. The van der Waals surface area contributed by atoms with Crippen LogP contribution in [0.4, 0.5) is 0 Å². The van der Waals surface area contributed by atoms with Gasteiger partial charge in [-0.3, -0.25) is 0 Å². The first-order valence-electron chi connectivity index (χ1n) is 3.64. The summed E-state index contributed by atoms with van der Waals surface area (Å²) >= 11 is 2.32. The molecule has 0 saturated heterocycles. The van der Waals surface area contributed by atoms with Crippen molar-refractivity contribution >= 4 is 33.4 Å². The average Bonchev–Trinajstić information content (AvgIpc) is 2.04. The Balaban J connectivity index is 2.89. The number of rotatable bonds is 0. The van der Waals surface area contributed by atoms with Crippen molar-refractivity contribution in [3.8, 4) is 0 Å². The molecule has 0 N–H and O–H groups in total. The Bertz CT molecular complexity index is 426. The van der Waals surface area contributed by atoms with Crippen LogP contribution in [-0.2, 0) is 0 Å². The lowest BCUT2D eigenvalue weighted by atomic mass is 10.1. The number of benzene rings is 1. The highest BCUT2D eigenvalue weighted by atomic mass is 127. The first-order valence-corrected chi connectivity index (χ1v) is 4.72. The number of aromatic nitrogens is 2. The van der Waals surface area contributed by atoms with Crippen LogP contribution in [0, 0.1) is 10.5 Å². The summed E-state index contributed by atoms with van der Waals surface area (Å²) in [7, 11) is 0. The number of hydrogen-bond acceptors (Lipinski definition) is 2. The van der Waals surface area contributed by atoms with Crippen molar-refractivity contribution in [2.24, 2.45) is 0 Å². The van der Waals surface area contributed by atoms with Crippen LogP contribution in [0.15, 0.2) is 24.5 Å². The third-order valence-corrected chi connectivity index (χ3v) is 2.65. The first-order chi connectivity index (χ1) is 5.77. The zero-order valence-corrected chi connectivity index (χ0v) is 8.74. The molecule has 2 aromatic rings. The van der Waals surface area contributed by atoms with E-state index in [2.05, 4.69) is 51.8 Å². The number of nitrogens with zero attached hydrogens (tertiary/aromatic N) is 2. The van der Waals surface area contributed by atoms with Gasteiger partial charge in [-0.25, -0.2) is 0 Å². The van der Waals surface area contributed by atoms with Gasteiger partial charge in [0.15, 0.2) is 0 Å². The molecule has 2 rings (SSSR count). The van der Waals surface area contributed by atoms with Crippen LogP contribution in [0.1, 0.15) is 5.56 Å². The Morgan fingerprint density at radius 2 is 1.92 bits per heavy atom. The van der Waals surface area contributed by atoms with E-state index in [0.29, 0.717) is 0 Å². The lowest BCUT2D eigenvalue weighted by Crippen LogP contribution is -1.84. The Morgan fingerprint density at radius 3 is 2.75 bits per heavy atom. The third kappa shape index (κ3) is 1.29. The van der Waals surface area contributed by atoms with Gasteiger partial charge in [-0.2, -0.15) is 10.2 Å². The van der Waals surface area contributed by atoms with Gasteiger partial charge in [0.25, 0.3) is 0 Å². The minimum absolute atomic E-state index is 1.16. The molecule has 0 bridgehead atoms. The molecule has 0 aliphatic heterocycles. The molecule has 0 unspecified atom stereocenters. The maximum absolute atomic E-state index is 3.85. The number of halogens is 1. The molecule has 0 aliphatic carbocycles. The van der Waals surface area contributed by atoms with E-state index in [-0.39, 0.29) is 0 Å². The predicted molar refractivity (Wildman–Crippen MR) is 57.0 cm³/mol. The van der Waals surface area contributed by atoms with Crippen LogP contribution in [0.25, 0.3) is 10.8 Å². The monoisotopic (exact) mass is 270 g/mol. The molecule has 0 aliphatic rings. The summed E-state index contributed by atoms with van der Waals surface area (Å²) in [6.07, 6.45) is 3.60. The number of fused-ring (bicyclic) bond motifs is 1. The van der Waals surface area contributed by atoms with Gasteiger partial charge >= 0.3 is 0 Å². The van der Waals surface area contributed by atoms with Crippen LogP contribution in [0.2, 0.25) is 0 Å². The van der Waals surface area contributed by atoms with E-state index in [9.17, 15) is 0 Å². The maximum atomic E-state index is 3.85. The highest BCUT2D eigenvalue weighted by molar-refractivity contribution is 14.1. The summed E-state index contributed by atoms with van der Waals surface area (Å²) < 4.78 is 1.23. The average molecular weight is 270 g/mol. The molecule has 0 amide bonds. The van der Waals surface area contributed by atoms with E-state index in [1.54, 1.807) is 12.4 Å². The second kappa shape index (κ2) is 2.97. The molecular formula is C9H7IN2. The van der Waals surface area contributed by atoms with E-state index in [0.717, 1.165) is 5.39 Å². The third-order valence-electron chi connectivity index (χ3n) is 1.76. The fraction of sp³-hybridized carbons (Fsp3) is 0.111. The number of aryl methyl sites for hydroxylation is 1. The smallest absolute Gasteiger partial charge is 0.0585 e. The zero-order valence-electron chi connectivity index (χ0n) is 6.58. The van der Waals surface area contributed by atoms with E-state index >= 15 is 0 Å². The standard InChI is InChI=1S/C9H7IN2/c1-6-2-7-4-11-12-5-8(7)9(10)3-6/h2-5H,1H3. The van der Waals surface area contributed by atoms with Crippen LogP contribution in [-0.4, -0.2) is 10.2 Å². The van der Waals surface area contributed by atoms with Crippen molar-refractivity contribution in [2.75, 3.05) is 0 Å². The minimum atomic E-state index is 1.16. The molecule has 0 radical (unpaired) electrons. The van der Waals surface area contributed by atoms with E-state index in [1.807, 2.05) is 0 Å². The molecule has 0 fully saturated rings. The normalized spacial score (nSPS) is 10.5. The number of hydrogen-bond donors (Lipinski definition) is 0. The predicted octanol–water partition coefficient (Wildman–Crippen LogP) is 2.54. The molecule has 60 valence electrons. The van der Waals surface area contributed by atoms with Crippen LogP contribution in [0.5, 0.6) is 0 Å². The molecule has 0 saturated carbocycles. The van der Waals surface area contributed by atoms with Crippen LogP contribution < -0.4 is 0 Å². The highest BCUT2D eigenvalue weighted by Crippen LogP contribution is 2.20. The van der Waals surface area contributed by atoms with E-state index in [4.69, 9.17) is 0 Å². The molecule has 3 heteroatoms. The zero-order chi connectivity index (χ0) is 8.55. The summed E-state index contributed by atoms with van der Waals surface area (Å²) in [5.74, 6) is 0. The van der Waals surface area contributed by atoms with Crippen molar-refractivity contribution in [1.29, 1.82) is 0 Å². The Labute approximate surface area is 84.1 Å². The summed E-state index contributed by atoms with van der Waals surface area (Å²) in [5.41, 5.74) is 1.26. The van der Waals surface area contributed by atoms with E-state index in [1.165, 1.54) is 14.5 Å². The Kier molecular flexibility index (Phi) is 1.96. The Hall–Kier alpha value is -0.710. The lowest BCUT2D eigenvalue weighted by molar-refractivity contribution is 1.05. The van der Waals surface area contributed by atoms with Crippen molar-refractivity contribution in [3.63, 3.8) is 0 Å². The van der Waals surface area contributed by atoms with Gasteiger partial charge in [0.2, 0.25) is 0 Å². The van der Waals surface area contributed by atoms with Gasteiger partial charge < -0.3 is 0 Å². The highest BCUT2D eigenvalue weighted by Gasteiger charge is 1.98. The molecular weight excluding hydrogens is 263 g/mol. The Morgan fingerprint density at radius 1 is 1.17 bits per heavy atom. The van der Waals surface area contributed by atoms with Gasteiger partial charge in [0, 0.05) is 14.3 Å². The lowest BCUT2D eigenvalue weighted by Gasteiger charge is -2.00. The van der Waals surface area contributed by atoms with Crippen molar-refractivity contribution in [2.45, 2.75) is 6.92 Å². The minimum Gasteiger partial charge on any atom is -0.158 e. The van der Waals surface area contributed by atoms with Crippen molar-refractivity contribution in [3.05, 3.63) is 33.7 Å². The fourth-order valence-electron chi connectivity index (χ4n) is 1.21. The van der Waals surface area contributed by atoms with E-state index < -0.39 is 0 Å². The largest absolute Gasteiger partial charge is 0.158 e. The SMILES string of the molecule is Cc1cc(I)c2cnncc2c1. The van der Waals surface area contributed by atoms with Gasteiger partial charge in [0.05, 0.1) is 12.4 Å². The second-order valence-electron chi connectivity index (χ2n) is 2.74. The second-order valence-corrected chi connectivity index (χ2v) is 3.90. The summed E-state index contributed by atoms with van der Waals surface area (Å²) in [6, 6.07) is 4.26. The van der Waals surface area contributed by atoms with Gasteiger partial charge in [0.1, 0.15) is 0 Å². The summed E-state index contributed by atoms with van der Waals surface area (Å²) in [6.45, 7) is 2.09. The molecule has 1 aromatic heterocycles. The maximum Gasteiger partial charge on any atom is 0.0585 e. The molecule has 12 heavy (non-hydrogen) atoms. The first kappa shape index (κ1) is 7.91. The van der Waals surface area contributed by atoms with Crippen molar-refractivity contribution < 1.29 is 0 Å². The summed E-state index contributed by atoms with van der Waals surface area (Å²) in [5, 5.41) is 10.0. The summed E-state index contributed by atoms with van der Waals surface area (Å²) in [4.78, 5) is 0. The fourth-order valence-corrected chi connectivity index (χ4v) is 2.15. The molecule has 1 aromatic carbocycles. The topological polar surface area (TPSA) is 25.8 Å². The van der Waals surface area contributed by atoms with Gasteiger partial charge in [-0.05, 0) is 47.2 Å². The molecule has 0 spiro atoms. The van der Waals surface area contributed by atoms with Crippen molar-refractivity contribution in [1.82, 2.24) is 10.2 Å². The van der Waals surface area contributed by atoms with Crippen LogP contribution in [0.3, 0.4) is 0 Å².